The van der Waals surface area contributed by atoms with Crippen LogP contribution >= 0.6 is 11.8 Å². The van der Waals surface area contributed by atoms with Gasteiger partial charge >= 0.3 is 0 Å². The van der Waals surface area contributed by atoms with Gasteiger partial charge in [0.2, 0.25) is 5.91 Å². The third kappa shape index (κ3) is 6.68. The second-order valence-electron chi connectivity index (χ2n) is 4.57. The molecule has 108 valence electrons. The predicted octanol–water partition coefficient (Wildman–Crippen LogP) is 2.41. The number of carbonyl (C=O) groups is 1. The highest BCUT2D eigenvalue weighted by Crippen LogP contribution is 2.04. The van der Waals surface area contributed by atoms with Crippen molar-refractivity contribution in [3.05, 3.63) is 24.2 Å². The molecule has 0 fully saturated rings. The smallest absolute Gasteiger partial charge is 0.237 e. The largest absolute Gasteiger partial charge is 0.467 e. The van der Waals surface area contributed by atoms with E-state index >= 15 is 0 Å². The van der Waals surface area contributed by atoms with Crippen molar-refractivity contribution in [1.29, 1.82) is 0 Å². The molecule has 1 aromatic heterocycles. The first-order valence-electron chi connectivity index (χ1n) is 6.77. The molecule has 4 nitrogen and oxygen atoms in total. The second-order valence-corrected chi connectivity index (χ2v) is 5.97. The molecule has 1 rings (SSSR count). The van der Waals surface area contributed by atoms with Gasteiger partial charge in [-0.05, 0) is 43.9 Å². The van der Waals surface area contributed by atoms with Crippen LogP contribution in [0, 0.1) is 0 Å². The topological polar surface area (TPSA) is 54.3 Å². The van der Waals surface area contributed by atoms with Gasteiger partial charge in [-0.15, -0.1) is 0 Å². The van der Waals surface area contributed by atoms with Crippen LogP contribution in [0.2, 0.25) is 0 Å². The number of thioether (sulfide) groups is 1. The zero-order chi connectivity index (χ0) is 14.1. The van der Waals surface area contributed by atoms with Gasteiger partial charge in [-0.3, -0.25) is 4.79 Å². The minimum Gasteiger partial charge on any atom is -0.467 e. The van der Waals surface area contributed by atoms with E-state index in [0.29, 0.717) is 12.6 Å². The van der Waals surface area contributed by atoms with Crippen molar-refractivity contribution in [3.63, 3.8) is 0 Å². The summed E-state index contributed by atoms with van der Waals surface area (Å²) in [6.45, 7) is 6.61. The third-order valence-corrected chi connectivity index (χ3v) is 3.78. The summed E-state index contributed by atoms with van der Waals surface area (Å²) in [7, 11) is 0. The monoisotopic (exact) mass is 284 g/mol. The number of rotatable bonds is 9. The van der Waals surface area contributed by atoms with Crippen molar-refractivity contribution in [2.75, 3.05) is 11.5 Å². The Kier molecular flexibility index (Phi) is 7.67. The lowest BCUT2D eigenvalue weighted by Gasteiger charge is -2.19. The molecule has 1 amide bonds. The molecule has 0 aromatic carbocycles. The highest BCUT2D eigenvalue weighted by Gasteiger charge is 2.15. The first-order chi connectivity index (χ1) is 9.13. The lowest BCUT2D eigenvalue weighted by atomic mass is 10.2. The second kappa shape index (κ2) is 9.04. The van der Waals surface area contributed by atoms with Gasteiger partial charge in [0.15, 0.2) is 0 Å². The van der Waals surface area contributed by atoms with Gasteiger partial charge in [-0.1, -0.05) is 6.92 Å². The van der Waals surface area contributed by atoms with Crippen LogP contribution in [0.3, 0.4) is 0 Å². The van der Waals surface area contributed by atoms with Crippen molar-refractivity contribution in [1.82, 2.24) is 10.6 Å². The average Bonchev–Trinajstić information content (AvgIpc) is 2.89. The molecule has 0 saturated carbocycles. The van der Waals surface area contributed by atoms with E-state index in [-0.39, 0.29) is 11.9 Å². The maximum absolute atomic E-state index is 11.9. The fraction of sp³-hybridized carbons (Fsp3) is 0.643. The van der Waals surface area contributed by atoms with E-state index in [9.17, 15) is 4.79 Å². The summed E-state index contributed by atoms with van der Waals surface area (Å²) in [6, 6.07) is 3.83. The minimum absolute atomic E-state index is 0.00592. The Morgan fingerprint density at radius 3 is 2.89 bits per heavy atom. The van der Waals surface area contributed by atoms with E-state index in [1.54, 1.807) is 6.26 Å². The van der Waals surface area contributed by atoms with Crippen molar-refractivity contribution >= 4 is 17.7 Å². The predicted molar refractivity (Wildman–Crippen MR) is 80.2 cm³/mol. The van der Waals surface area contributed by atoms with Crippen molar-refractivity contribution in [2.24, 2.45) is 0 Å². The van der Waals surface area contributed by atoms with Gasteiger partial charge in [0.1, 0.15) is 5.76 Å². The molecule has 0 bridgehead atoms. The molecule has 2 unspecified atom stereocenters. The first-order valence-corrected chi connectivity index (χ1v) is 7.92. The molecule has 1 heterocycles. The molecule has 0 radical (unpaired) electrons. The molecule has 5 heteroatoms. The van der Waals surface area contributed by atoms with Gasteiger partial charge in [-0.2, -0.15) is 11.8 Å². The lowest BCUT2D eigenvalue weighted by molar-refractivity contribution is -0.123. The first kappa shape index (κ1) is 16.1. The van der Waals surface area contributed by atoms with Crippen LogP contribution in [-0.4, -0.2) is 29.5 Å². The standard InChI is InChI=1S/C14H24N2O2S/c1-4-19-9-7-11(2)16-12(3)14(17)15-10-13-6-5-8-18-13/h5-6,8,11-12,16H,4,7,9-10H2,1-3H3,(H,15,17). The van der Waals surface area contributed by atoms with E-state index < -0.39 is 0 Å². The van der Waals surface area contributed by atoms with Crippen molar-refractivity contribution in [2.45, 2.75) is 45.8 Å². The summed E-state index contributed by atoms with van der Waals surface area (Å²) in [6.07, 6.45) is 2.69. The molecule has 2 N–H and O–H groups in total. The quantitative estimate of drug-likeness (QED) is 0.684. The van der Waals surface area contributed by atoms with Crippen LogP contribution in [0.15, 0.2) is 22.8 Å². The normalized spacial score (nSPS) is 14.1. The van der Waals surface area contributed by atoms with Crippen LogP contribution in [0.5, 0.6) is 0 Å². The Morgan fingerprint density at radius 2 is 2.26 bits per heavy atom. The zero-order valence-corrected chi connectivity index (χ0v) is 12.8. The Balaban J connectivity index is 2.20. The summed E-state index contributed by atoms with van der Waals surface area (Å²) in [5.41, 5.74) is 0. The van der Waals surface area contributed by atoms with E-state index in [2.05, 4.69) is 24.5 Å². The summed E-state index contributed by atoms with van der Waals surface area (Å²) in [5.74, 6) is 3.05. The molecule has 0 aliphatic heterocycles. The van der Waals surface area contributed by atoms with Crippen LogP contribution in [-0.2, 0) is 11.3 Å². The van der Waals surface area contributed by atoms with Crippen molar-refractivity contribution < 1.29 is 9.21 Å². The van der Waals surface area contributed by atoms with Crippen LogP contribution in [0.4, 0.5) is 0 Å². The third-order valence-electron chi connectivity index (χ3n) is 2.84. The Labute approximate surface area is 119 Å². The maximum Gasteiger partial charge on any atom is 0.237 e. The molecule has 2 atom stereocenters. The number of furan rings is 1. The number of carbonyl (C=O) groups excluding carboxylic acids is 1. The Morgan fingerprint density at radius 1 is 1.47 bits per heavy atom. The maximum atomic E-state index is 11.9. The van der Waals surface area contributed by atoms with Gasteiger partial charge < -0.3 is 15.1 Å². The van der Waals surface area contributed by atoms with Gasteiger partial charge in [0.25, 0.3) is 0 Å². The SMILES string of the molecule is CCSCCC(C)NC(C)C(=O)NCc1ccco1. The molecule has 19 heavy (non-hydrogen) atoms. The molecule has 0 spiro atoms. The van der Waals surface area contributed by atoms with E-state index in [1.165, 1.54) is 0 Å². The summed E-state index contributed by atoms with van der Waals surface area (Å²) < 4.78 is 5.17. The fourth-order valence-electron chi connectivity index (χ4n) is 1.73. The molecule has 1 aromatic rings. The van der Waals surface area contributed by atoms with E-state index in [1.807, 2.05) is 30.8 Å². The van der Waals surface area contributed by atoms with Crippen LogP contribution in [0.25, 0.3) is 0 Å². The molecular formula is C14H24N2O2S. The number of hydrogen-bond donors (Lipinski definition) is 2. The highest BCUT2D eigenvalue weighted by molar-refractivity contribution is 7.99. The summed E-state index contributed by atoms with van der Waals surface area (Å²) in [4.78, 5) is 11.9. The van der Waals surface area contributed by atoms with Crippen molar-refractivity contribution in [3.8, 4) is 0 Å². The zero-order valence-electron chi connectivity index (χ0n) is 11.9. The summed E-state index contributed by atoms with van der Waals surface area (Å²) in [5, 5.41) is 6.17. The van der Waals surface area contributed by atoms with Crippen LogP contribution in [0.1, 0.15) is 33.0 Å². The van der Waals surface area contributed by atoms with Gasteiger partial charge in [0, 0.05) is 6.04 Å². The minimum atomic E-state index is -0.184. The van der Waals surface area contributed by atoms with Crippen LogP contribution < -0.4 is 10.6 Å². The van der Waals surface area contributed by atoms with Gasteiger partial charge in [-0.25, -0.2) is 0 Å². The molecule has 0 aliphatic rings. The average molecular weight is 284 g/mol. The Hall–Kier alpha value is -0.940. The van der Waals surface area contributed by atoms with Gasteiger partial charge in [0.05, 0.1) is 18.8 Å². The molecule has 0 saturated heterocycles. The van der Waals surface area contributed by atoms with E-state index in [0.717, 1.165) is 23.7 Å². The highest BCUT2D eigenvalue weighted by atomic mass is 32.2. The molecular weight excluding hydrogens is 260 g/mol. The van der Waals surface area contributed by atoms with E-state index in [4.69, 9.17) is 4.42 Å². The fourth-order valence-corrected chi connectivity index (χ4v) is 2.54. The Bertz CT molecular complexity index is 354. The lowest BCUT2D eigenvalue weighted by Crippen LogP contribution is -2.45. The summed E-state index contributed by atoms with van der Waals surface area (Å²) >= 11 is 1.93. The molecule has 0 aliphatic carbocycles. The number of amides is 1. The number of nitrogens with one attached hydrogen (secondary N) is 2. The number of hydrogen-bond acceptors (Lipinski definition) is 4.